The number of carbonyl (C=O) groups excluding carboxylic acids is 2. The van der Waals surface area contributed by atoms with E-state index in [4.69, 9.17) is 30.3 Å². The fraction of sp³-hybridized carbons (Fsp3) is 0.895. The second-order valence-corrected chi connectivity index (χ2v) is 12.4. The van der Waals surface area contributed by atoms with Gasteiger partial charge in [0.15, 0.2) is 0 Å². The minimum atomic E-state index is -3.28. The molecule has 0 radical (unpaired) electrons. The molecule has 7 atom stereocenters. The summed E-state index contributed by atoms with van der Waals surface area (Å²) in [5.41, 5.74) is 0. The summed E-state index contributed by atoms with van der Waals surface area (Å²) in [6.45, 7) is -2.96. The summed E-state index contributed by atoms with van der Waals surface area (Å²) in [4.78, 5) is 33.7. The van der Waals surface area contributed by atoms with E-state index in [0.717, 1.165) is 25.0 Å². The van der Waals surface area contributed by atoms with Gasteiger partial charge in [-0.2, -0.15) is 11.8 Å². The summed E-state index contributed by atoms with van der Waals surface area (Å²) in [6, 6.07) is 0.399. The highest BCUT2D eigenvalue weighted by Gasteiger charge is 2.42. The molecular weight excluding hydrogens is 463 g/mol. The van der Waals surface area contributed by atoms with Crippen molar-refractivity contribution in [2.75, 3.05) is 26.6 Å². The Labute approximate surface area is 192 Å². The molecule has 3 N–H and O–H groups in total. The van der Waals surface area contributed by atoms with Gasteiger partial charge in [-0.15, -0.1) is 0 Å². The maximum Gasteiger partial charge on any atom is 0.324 e. The Morgan fingerprint density at radius 1 is 1.29 bits per heavy atom. The molecule has 0 aliphatic carbocycles. The summed E-state index contributed by atoms with van der Waals surface area (Å²) in [6.07, 6.45) is 4.14. The second kappa shape index (κ2) is 11.7. The van der Waals surface area contributed by atoms with Gasteiger partial charge in [0, 0.05) is 44.5 Å². The molecule has 3 heterocycles. The number of fused-ring (bicyclic) bond motifs is 1. The Morgan fingerprint density at radius 2 is 2.10 bits per heavy atom. The molecule has 12 heteroatoms. The van der Waals surface area contributed by atoms with Gasteiger partial charge >= 0.3 is 12.7 Å². The Balaban J connectivity index is 1.32. The molecule has 3 fully saturated rings. The number of carbonyl (C=O) groups is 2. The number of hydrogen-bond donors (Lipinski definition) is 3. The van der Waals surface area contributed by atoms with E-state index < -0.39 is 12.8 Å². The third-order valence-corrected chi connectivity index (χ3v) is 9.20. The van der Waals surface area contributed by atoms with Gasteiger partial charge in [-0.3, -0.25) is 4.79 Å². The average Bonchev–Trinajstić information content (AvgIpc) is 3.39. The van der Waals surface area contributed by atoms with Gasteiger partial charge in [-0.1, -0.05) is 6.42 Å². The van der Waals surface area contributed by atoms with Crippen LogP contribution in [0.1, 0.15) is 44.9 Å². The van der Waals surface area contributed by atoms with E-state index in [2.05, 4.69) is 10.6 Å². The maximum atomic E-state index is 12.3. The van der Waals surface area contributed by atoms with Crippen molar-refractivity contribution in [3.8, 4) is 0 Å². The van der Waals surface area contributed by atoms with Gasteiger partial charge in [-0.05, 0) is 31.1 Å². The minimum absolute atomic E-state index is 0.0635. The summed E-state index contributed by atoms with van der Waals surface area (Å²) in [5, 5.41) is 6.38. The van der Waals surface area contributed by atoms with Crippen molar-refractivity contribution in [1.82, 2.24) is 10.6 Å². The summed E-state index contributed by atoms with van der Waals surface area (Å²) in [5.74, 6) is 1.19. The van der Waals surface area contributed by atoms with E-state index in [-0.39, 0.29) is 36.1 Å². The number of hydrogen-bond acceptors (Lipinski definition) is 8. The molecule has 0 bridgehead atoms. The molecule has 31 heavy (non-hydrogen) atoms. The van der Waals surface area contributed by atoms with Gasteiger partial charge in [0.2, 0.25) is 0 Å². The number of ketones is 1. The van der Waals surface area contributed by atoms with Gasteiger partial charge in [0.05, 0.1) is 30.9 Å². The number of nitrogens with one attached hydrogen (secondary N) is 2. The van der Waals surface area contributed by atoms with Crippen LogP contribution in [0.25, 0.3) is 0 Å². The van der Waals surface area contributed by atoms with Crippen LogP contribution in [0.5, 0.6) is 0 Å². The predicted octanol–water partition coefficient (Wildman–Crippen LogP) is 2.11. The molecule has 178 valence electrons. The monoisotopic (exact) mass is 496 g/mol. The molecule has 2 unspecified atom stereocenters. The highest BCUT2D eigenvalue weighted by Crippen LogP contribution is 2.47. The van der Waals surface area contributed by atoms with Crippen molar-refractivity contribution in [2.45, 2.75) is 80.6 Å². The van der Waals surface area contributed by atoms with Crippen molar-refractivity contribution in [3.05, 3.63) is 0 Å². The first-order valence-electron chi connectivity index (χ1n) is 10.7. The van der Waals surface area contributed by atoms with E-state index in [1.807, 2.05) is 11.8 Å². The van der Waals surface area contributed by atoms with E-state index in [1.165, 1.54) is 7.11 Å². The number of thioether (sulfide) groups is 1. The third kappa shape index (κ3) is 7.37. The standard InChI is InChI=1S/C19H33N2O7PS2/c1-25-10-16-15(28-29(24,30)26-2)9-13(27-16)8-7-12(22)5-3-4-6-17-18-14(11-31-17)20-19(23)21-18/h13-18H,3-11H2,1-2H3,(H,24,30)(H2,20,21,23)/t13-,14-,15?,16+,17-,18-,29?/m0/s1. The molecule has 9 nitrogen and oxygen atoms in total. The predicted molar refractivity (Wildman–Crippen MR) is 122 cm³/mol. The zero-order valence-corrected chi connectivity index (χ0v) is 20.5. The average molecular weight is 497 g/mol. The SMILES string of the molecule is COC[C@H]1O[C@@H](CCC(=O)CCCC[C@@H]2SC[C@@H]3NC(=O)N[C@@H]32)CC1OP(O)(=S)OC. The molecule has 3 aliphatic rings. The number of unbranched alkanes of at least 4 members (excludes halogenated alkanes) is 1. The molecule has 2 amide bonds. The van der Waals surface area contributed by atoms with Crippen LogP contribution in [0.4, 0.5) is 4.79 Å². The fourth-order valence-corrected chi connectivity index (χ4v) is 6.91. The van der Waals surface area contributed by atoms with E-state index in [0.29, 0.717) is 37.5 Å². The van der Waals surface area contributed by atoms with Gasteiger partial charge in [0.25, 0.3) is 0 Å². The van der Waals surface area contributed by atoms with Crippen LogP contribution in [0.3, 0.4) is 0 Å². The fourth-order valence-electron chi connectivity index (χ4n) is 4.38. The van der Waals surface area contributed by atoms with Crippen molar-refractivity contribution in [3.63, 3.8) is 0 Å². The van der Waals surface area contributed by atoms with Crippen LogP contribution < -0.4 is 10.6 Å². The molecule has 0 aromatic heterocycles. The minimum Gasteiger partial charge on any atom is -0.382 e. The number of urea groups is 1. The van der Waals surface area contributed by atoms with Gasteiger partial charge < -0.3 is 34.0 Å². The molecule has 3 rings (SSSR count). The molecular formula is C19H33N2O7PS2. The first-order valence-corrected chi connectivity index (χ1v) is 14.4. The Kier molecular flexibility index (Phi) is 9.61. The molecule has 0 saturated carbocycles. The quantitative estimate of drug-likeness (QED) is 0.200. The normalized spacial score (nSPS) is 34.2. The molecule has 0 spiro atoms. The zero-order chi connectivity index (χ0) is 22.4. The number of rotatable bonds is 13. The van der Waals surface area contributed by atoms with Crippen LogP contribution in [-0.2, 0) is 35.1 Å². The Bertz CT molecular complexity index is 686. The van der Waals surface area contributed by atoms with Crippen molar-refractivity contribution >= 4 is 42.1 Å². The lowest BCUT2D eigenvalue weighted by molar-refractivity contribution is -0.120. The van der Waals surface area contributed by atoms with E-state index >= 15 is 0 Å². The van der Waals surface area contributed by atoms with Crippen molar-refractivity contribution in [2.24, 2.45) is 0 Å². The van der Waals surface area contributed by atoms with Crippen molar-refractivity contribution < 1.29 is 33.0 Å². The highest BCUT2D eigenvalue weighted by molar-refractivity contribution is 8.07. The van der Waals surface area contributed by atoms with Crippen LogP contribution in [0, 0.1) is 0 Å². The number of methoxy groups -OCH3 is 1. The largest absolute Gasteiger partial charge is 0.382 e. The maximum absolute atomic E-state index is 12.3. The summed E-state index contributed by atoms with van der Waals surface area (Å²) < 4.78 is 21.5. The molecule has 3 saturated heterocycles. The van der Waals surface area contributed by atoms with Crippen LogP contribution in [-0.4, -0.2) is 78.9 Å². The Hall–Kier alpha value is -0.260. The van der Waals surface area contributed by atoms with Crippen LogP contribution >= 0.6 is 18.5 Å². The van der Waals surface area contributed by atoms with E-state index in [9.17, 15) is 14.5 Å². The molecule has 0 aromatic rings. The second-order valence-electron chi connectivity index (χ2n) is 8.23. The molecule has 0 aromatic carbocycles. The summed E-state index contributed by atoms with van der Waals surface area (Å²) >= 11 is 6.84. The summed E-state index contributed by atoms with van der Waals surface area (Å²) in [7, 11) is 2.90. The topological polar surface area (TPSA) is 115 Å². The zero-order valence-electron chi connectivity index (χ0n) is 18.0. The number of ether oxygens (including phenoxy) is 2. The van der Waals surface area contributed by atoms with E-state index in [1.54, 1.807) is 7.11 Å². The van der Waals surface area contributed by atoms with Gasteiger partial charge in [-0.25, -0.2) is 4.79 Å². The van der Waals surface area contributed by atoms with Crippen LogP contribution in [0.15, 0.2) is 0 Å². The number of amides is 2. The lowest BCUT2D eigenvalue weighted by Gasteiger charge is -2.22. The van der Waals surface area contributed by atoms with Gasteiger partial charge in [0.1, 0.15) is 11.9 Å². The smallest absolute Gasteiger partial charge is 0.324 e. The van der Waals surface area contributed by atoms with Crippen molar-refractivity contribution in [1.29, 1.82) is 0 Å². The Morgan fingerprint density at radius 3 is 2.84 bits per heavy atom. The van der Waals surface area contributed by atoms with Crippen LogP contribution in [0.2, 0.25) is 0 Å². The third-order valence-electron chi connectivity index (χ3n) is 5.98. The highest BCUT2D eigenvalue weighted by atomic mass is 32.5. The lowest BCUT2D eigenvalue weighted by atomic mass is 10.0. The number of Topliss-reactive ketones (excluding diaryl/α,β-unsaturated/α-hetero) is 1. The lowest BCUT2D eigenvalue weighted by Crippen LogP contribution is -2.36. The molecule has 3 aliphatic heterocycles. The first-order chi connectivity index (χ1) is 14.8. The first kappa shape index (κ1) is 25.4.